The van der Waals surface area contributed by atoms with Crippen molar-refractivity contribution in [3.05, 3.63) is 71.0 Å². The van der Waals surface area contributed by atoms with Gasteiger partial charge in [-0.05, 0) is 35.9 Å². The highest BCUT2D eigenvalue weighted by Crippen LogP contribution is 2.19. The number of aromatic nitrogens is 3. The predicted octanol–water partition coefficient (Wildman–Crippen LogP) is 1.49. The number of anilines is 2. The van der Waals surface area contributed by atoms with Gasteiger partial charge in [0.1, 0.15) is 11.5 Å². The summed E-state index contributed by atoms with van der Waals surface area (Å²) >= 11 is 0. The van der Waals surface area contributed by atoms with Gasteiger partial charge < -0.3 is 20.5 Å². The normalized spacial score (nSPS) is 13.9. The number of piperazine rings is 1. The van der Waals surface area contributed by atoms with Crippen molar-refractivity contribution in [3.8, 4) is 11.1 Å². The quantitative estimate of drug-likeness (QED) is 0.638. The van der Waals surface area contributed by atoms with Gasteiger partial charge in [0.05, 0.1) is 5.56 Å². The van der Waals surface area contributed by atoms with Gasteiger partial charge in [-0.25, -0.2) is 4.98 Å². The average Bonchev–Trinajstić information content (AvgIpc) is 2.76. The standard InChI is InChI=1S/C20H20N6O2/c27-19(15-1-2-18(23-12-15)26-9-7-22-8-10-26)25-17-11-16(13-24-20(17)28)14-3-5-21-6-4-14/h1-6,11-13,22H,7-10H2,(H,24,28)(H,25,27). The molecule has 1 amide bonds. The zero-order valence-electron chi connectivity index (χ0n) is 15.2. The summed E-state index contributed by atoms with van der Waals surface area (Å²) in [4.78, 5) is 37.9. The van der Waals surface area contributed by atoms with Crippen molar-refractivity contribution in [1.29, 1.82) is 0 Å². The van der Waals surface area contributed by atoms with Gasteiger partial charge in [-0.15, -0.1) is 0 Å². The molecule has 3 N–H and O–H groups in total. The largest absolute Gasteiger partial charge is 0.354 e. The Morgan fingerprint density at radius 2 is 1.86 bits per heavy atom. The Labute approximate surface area is 161 Å². The van der Waals surface area contributed by atoms with Crippen LogP contribution in [0.5, 0.6) is 0 Å². The van der Waals surface area contributed by atoms with E-state index in [1.807, 2.05) is 18.2 Å². The Bertz CT molecular complexity index is 1010. The summed E-state index contributed by atoms with van der Waals surface area (Å²) in [6.45, 7) is 3.60. The van der Waals surface area contributed by atoms with Crippen LogP contribution in [-0.4, -0.2) is 47.0 Å². The lowest BCUT2D eigenvalue weighted by Crippen LogP contribution is -2.43. The molecule has 0 radical (unpaired) electrons. The minimum atomic E-state index is -0.378. The molecule has 1 fully saturated rings. The fraction of sp³-hybridized carbons (Fsp3) is 0.200. The molecule has 3 aromatic rings. The predicted molar refractivity (Wildman–Crippen MR) is 108 cm³/mol. The monoisotopic (exact) mass is 376 g/mol. The smallest absolute Gasteiger partial charge is 0.271 e. The minimum absolute atomic E-state index is 0.186. The van der Waals surface area contributed by atoms with Gasteiger partial charge in [0.25, 0.3) is 11.5 Å². The van der Waals surface area contributed by atoms with Crippen LogP contribution < -0.4 is 21.1 Å². The van der Waals surface area contributed by atoms with Crippen LogP contribution in [0, 0.1) is 0 Å². The van der Waals surface area contributed by atoms with Crippen molar-refractivity contribution in [2.24, 2.45) is 0 Å². The second kappa shape index (κ2) is 8.01. The molecule has 0 aliphatic carbocycles. The molecule has 1 saturated heterocycles. The molecular formula is C20H20N6O2. The van der Waals surface area contributed by atoms with E-state index < -0.39 is 0 Å². The molecule has 0 aromatic carbocycles. The molecule has 28 heavy (non-hydrogen) atoms. The molecule has 1 aliphatic rings. The summed E-state index contributed by atoms with van der Waals surface area (Å²) in [5, 5.41) is 5.97. The molecule has 142 valence electrons. The molecule has 1 aliphatic heterocycles. The molecule has 4 heterocycles. The van der Waals surface area contributed by atoms with Crippen LogP contribution in [0.4, 0.5) is 11.5 Å². The molecule has 3 aromatic heterocycles. The minimum Gasteiger partial charge on any atom is -0.354 e. The number of amides is 1. The zero-order valence-corrected chi connectivity index (χ0v) is 15.2. The third-order valence-corrected chi connectivity index (χ3v) is 4.62. The first-order valence-corrected chi connectivity index (χ1v) is 9.07. The summed E-state index contributed by atoms with van der Waals surface area (Å²) in [6, 6.07) is 8.86. The summed E-state index contributed by atoms with van der Waals surface area (Å²) < 4.78 is 0. The van der Waals surface area contributed by atoms with Crippen LogP contribution >= 0.6 is 0 Å². The molecular weight excluding hydrogens is 356 g/mol. The average molecular weight is 376 g/mol. The third-order valence-electron chi connectivity index (χ3n) is 4.62. The van der Waals surface area contributed by atoms with Gasteiger partial charge in [0.15, 0.2) is 0 Å². The number of carbonyl (C=O) groups excluding carboxylic acids is 1. The lowest BCUT2D eigenvalue weighted by Gasteiger charge is -2.28. The number of rotatable bonds is 4. The Morgan fingerprint density at radius 3 is 2.57 bits per heavy atom. The van der Waals surface area contributed by atoms with Crippen LogP contribution in [0.2, 0.25) is 0 Å². The van der Waals surface area contributed by atoms with E-state index in [-0.39, 0.29) is 17.2 Å². The van der Waals surface area contributed by atoms with E-state index >= 15 is 0 Å². The van der Waals surface area contributed by atoms with E-state index in [9.17, 15) is 9.59 Å². The first kappa shape index (κ1) is 17.9. The molecule has 0 bridgehead atoms. The Balaban J connectivity index is 1.51. The van der Waals surface area contributed by atoms with Crippen LogP contribution in [0.15, 0.2) is 59.9 Å². The molecule has 0 unspecified atom stereocenters. The second-order valence-corrected chi connectivity index (χ2v) is 6.46. The Hall–Kier alpha value is -3.52. The number of carbonyl (C=O) groups is 1. The van der Waals surface area contributed by atoms with Crippen molar-refractivity contribution in [2.75, 3.05) is 36.4 Å². The zero-order chi connectivity index (χ0) is 19.3. The van der Waals surface area contributed by atoms with E-state index in [0.717, 1.165) is 43.1 Å². The Morgan fingerprint density at radius 1 is 1.07 bits per heavy atom. The van der Waals surface area contributed by atoms with Crippen molar-refractivity contribution in [2.45, 2.75) is 0 Å². The maximum atomic E-state index is 12.6. The topological polar surface area (TPSA) is 103 Å². The lowest BCUT2D eigenvalue weighted by atomic mass is 10.1. The maximum Gasteiger partial charge on any atom is 0.271 e. The Kier molecular flexibility index (Phi) is 5.11. The van der Waals surface area contributed by atoms with Gasteiger partial charge in [0.2, 0.25) is 0 Å². The van der Waals surface area contributed by atoms with Crippen molar-refractivity contribution < 1.29 is 4.79 Å². The molecule has 8 heteroatoms. The van der Waals surface area contributed by atoms with Gasteiger partial charge >= 0.3 is 0 Å². The van der Waals surface area contributed by atoms with E-state index in [2.05, 4.69) is 30.5 Å². The SMILES string of the molecule is O=C(Nc1cc(-c2ccncc2)c[nH]c1=O)c1ccc(N2CCNCC2)nc1. The van der Waals surface area contributed by atoms with Crippen molar-refractivity contribution in [3.63, 3.8) is 0 Å². The number of nitrogens with one attached hydrogen (secondary N) is 3. The van der Waals surface area contributed by atoms with Crippen LogP contribution in [0.25, 0.3) is 11.1 Å². The van der Waals surface area contributed by atoms with Crippen molar-refractivity contribution >= 4 is 17.4 Å². The number of pyridine rings is 3. The van der Waals surface area contributed by atoms with Gasteiger partial charge in [-0.2, -0.15) is 0 Å². The number of nitrogens with zero attached hydrogens (tertiary/aromatic N) is 3. The van der Waals surface area contributed by atoms with E-state index in [4.69, 9.17) is 0 Å². The molecule has 0 saturated carbocycles. The van der Waals surface area contributed by atoms with Gasteiger partial charge in [0, 0.05) is 56.5 Å². The summed E-state index contributed by atoms with van der Waals surface area (Å²) in [7, 11) is 0. The van der Waals surface area contributed by atoms with Crippen LogP contribution in [0.1, 0.15) is 10.4 Å². The number of hydrogen-bond donors (Lipinski definition) is 3. The number of hydrogen-bond acceptors (Lipinski definition) is 6. The summed E-state index contributed by atoms with van der Waals surface area (Å²) in [5.41, 5.74) is 1.89. The molecule has 0 atom stereocenters. The molecule has 4 rings (SSSR count). The van der Waals surface area contributed by atoms with Crippen LogP contribution in [-0.2, 0) is 0 Å². The summed E-state index contributed by atoms with van der Waals surface area (Å²) in [5.74, 6) is 0.465. The summed E-state index contributed by atoms with van der Waals surface area (Å²) in [6.07, 6.45) is 6.49. The van der Waals surface area contributed by atoms with E-state index in [0.29, 0.717) is 5.56 Å². The number of H-pyrrole nitrogens is 1. The first-order valence-electron chi connectivity index (χ1n) is 9.07. The lowest BCUT2D eigenvalue weighted by molar-refractivity contribution is 0.102. The van der Waals surface area contributed by atoms with E-state index in [1.54, 1.807) is 30.7 Å². The van der Waals surface area contributed by atoms with Crippen molar-refractivity contribution in [1.82, 2.24) is 20.3 Å². The second-order valence-electron chi connectivity index (χ2n) is 6.46. The van der Waals surface area contributed by atoms with Gasteiger partial charge in [-0.3, -0.25) is 14.6 Å². The van der Waals surface area contributed by atoms with E-state index in [1.165, 1.54) is 6.20 Å². The first-order chi connectivity index (χ1) is 13.7. The highest BCUT2D eigenvalue weighted by Gasteiger charge is 2.14. The maximum absolute atomic E-state index is 12.6. The molecule has 0 spiro atoms. The number of aromatic amines is 1. The highest BCUT2D eigenvalue weighted by atomic mass is 16.2. The molecule has 8 nitrogen and oxygen atoms in total. The van der Waals surface area contributed by atoms with Crippen LogP contribution in [0.3, 0.4) is 0 Å². The third kappa shape index (κ3) is 3.91. The highest BCUT2D eigenvalue weighted by molar-refractivity contribution is 6.04. The van der Waals surface area contributed by atoms with Gasteiger partial charge in [-0.1, -0.05) is 0 Å². The fourth-order valence-corrected chi connectivity index (χ4v) is 3.08. The fourth-order valence-electron chi connectivity index (χ4n) is 3.08.